The first-order valence-corrected chi connectivity index (χ1v) is 3.49. The maximum atomic E-state index is 10.8. The second-order valence-electron chi connectivity index (χ2n) is 2.12. The summed E-state index contributed by atoms with van der Waals surface area (Å²) in [6.45, 7) is 0. The van der Waals surface area contributed by atoms with Crippen LogP contribution < -0.4 is 5.56 Å². The van der Waals surface area contributed by atoms with Crippen LogP contribution in [0.5, 0.6) is 0 Å². The van der Waals surface area contributed by atoms with Gasteiger partial charge in [-0.15, -0.1) is 24.0 Å². The number of pyridine rings is 1. The molecule has 62 valence electrons. The molecule has 1 heterocycles. The van der Waals surface area contributed by atoms with Gasteiger partial charge in [0.1, 0.15) is 0 Å². The Morgan fingerprint density at radius 2 is 2.18 bits per heavy atom. The number of hydrogen-bond donors (Lipinski definition) is 0. The number of halogens is 2. The number of alkyl halides is 1. The standard InChI is InChI=1S/C7H8ClNO.ClH/c1-9-5-6(4-8)2-3-7(9)10;/h2-3,5H,4H2,1H3;1H. The van der Waals surface area contributed by atoms with Crippen molar-refractivity contribution in [2.45, 2.75) is 5.88 Å². The molecule has 0 aliphatic heterocycles. The van der Waals surface area contributed by atoms with Gasteiger partial charge in [-0.05, 0) is 5.56 Å². The van der Waals surface area contributed by atoms with E-state index in [0.717, 1.165) is 5.56 Å². The van der Waals surface area contributed by atoms with Gasteiger partial charge in [-0.25, -0.2) is 0 Å². The fraction of sp³-hybridized carbons (Fsp3) is 0.286. The van der Waals surface area contributed by atoms with Crippen molar-refractivity contribution in [2.75, 3.05) is 0 Å². The second-order valence-corrected chi connectivity index (χ2v) is 2.39. The molecule has 4 heteroatoms. The van der Waals surface area contributed by atoms with Crippen molar-refractivity contribution in [3.05, 3.63) is 34.2 Å². The molecule has 0 atom stereocenters. The summed E-state index contributed by atoms with van der Waals surface area (Å²) in [5, 5.41) is 0. The predicted octanol–water partition coefficient (Wildman–Crippen LogP) is 1.55. The van der Waals surface area contributed by atoms with Gasteiger partial charge in [0.25, 0.3) is 0 Å². The fourth-order valence-electron chi connectivity index (χ4n) is 0.730. The summed E-state index contributed by atoms with van der Waals surface area (Å²) in [5.41, 5.74) is 0.956. The lowest BCUT2D eigenvalue weighted by molar-refractivity contribution is 0.850. The van der Waals surface area contributed by atoms with Crippen LogP contribution in [0.25, 0.3) is 0 Å². The molecule has 0 bridgehead atoms. The summed E-state index contributed by atoms with van der Waals surface area (Å²) in [7, 11) is 1.71. The third-order valence-electron chi connectivity index (χ3n) is 1.30. The minimum Gasteiger partial charge on any atom is -0.318 e. The van der Waals surface area contributed by atoms with Gasteiger partial charge in [0.05, 0.1) is 0 Å². The molecular formula is C7H9Cl2NO. The minimum atomic E-state index is -0.00568. The Bertz CT molecular complexity index is 282. The normalized spacial score (nSPS) is 8.91. The molecule has 1 aromatic rings. The SMILES string of the molecule is Cl.Cn1cc(CCl)ccc1=O. The lowest BCUT2D eigenvalue weighted by atomic mass is 10.3. The van der Waals surface area contributed by atoms with Crippen molar-refractivity contribution in [2.24, 2.45) is 7.05 Å². The lowest BCUT2D eigenvalue weighted by Crippen LogP contribution is -2.14. The molecule has 0 N–H and O–H groups in total. The van der Waals surface area contributed by atoms with E-state index in [-0.39, 0.29) is 18.0 Å². The third kappa shape index (κ3) is 2.56. The first-order valence-electron chi connectivity index (χ1n) is 2.95. The van der Waals surface area contributed by atoms with Gasteiger partial charge in [-0.1, -0.05) is 6.07 Å². The molecule has 0 radical (unpaired) electrons. The molecule has 0 aliphatic carbocycles. The molecule has 0 amide bonds. The third-order valence-corrected chi connectivity index (χ3v) is 1.61. The predicted molar refractivity (Wildman–Crippen MR) is 48.5 cm³/mol. The van der Waals surface area contributed by atoms with E-state index in [9.17, 15) is 4.79 Å². The molecule has 1 aromatic heterocycles. The van der Waals surface area contributed by atoms with E-state index in [1.807, 2.05) is 0 Å². The minimum absolute atomic E-state index is 0. The monoisotopic (exact) mass is 193 g/mol. The fourth-order valence-corrected chi connectivity index (χ4v) is 0.888. The zero-order valence-corrected chi connectivity index (χ0v) is 7.65. The zero-order valence-electron chi connectivity index (χ0n) is 6.08. The highest BCUT2D eigenvalue weighted by atomic mass is 35.5. The van der Waals surface area contributed by atoms with Crippen LogP contribution in [0, 0.1) is 0 Å². The Morgan fingerprint density at radius 3 is 2.64 bits per heavy atom. The largest absolute Gasteiger partial charge is 0.318 e. The first kappa shape index (κ1) is 10.5. The van der Waals surface area contributed by atoms with Crippen molar-refractivity contribution in [3.8, 4) is 0 Å². The van der Waals surface area contributed by atoms with E-state index in [2.05, 4.69) is 0 Å². The Hall–Kier alpha value is -0.470. The average molecular weight is 194 g/mol. The summed E-state index contributed by atoms with van der Waals surface area (Å²) in [6, 6.07) is 3.24. The van der Waals surface area contributed by atoms with Crippen LogP contribution in [0.2, 0.25) is 0 Å². The second kappa shape index (κ2) is 4.42. The first-order chi connectivity index (χ1) is 4.74. The van der Waals surface area contributed by atoms with E-state index in [0.29, 0.717) is 5.88 Å². The van der Waals surface area contributed by atoms with Crippen molar-refractivity contribution in [1.82, 2.24) is 4.57 Å². The van der Waals surface area contributed by atoms with Gasteiger partial charge < -0.3 is 4.57 Å². The average Bonchev–Trinajstić information content (AvgIpc) is 1.95. The Kier molecular flexibility index (Phi) is 4.23. The maximum Gasteiger partial charge on any atom is 0.250 e. The topological polar surface area (TPSA) is 22.0 Å². The van der Waals surface area contributed by atoms with Crippen molar-refractivity contribution in [3.63, 3.8) is 0 Å². The van der Waals surface area contributed by atoms with E-state index in [4.69, 9.17) is 11.6 Å². The molecule has 0 aliphatic rings. The van der Waals surface area contributed by atoms with E-state index >= 15 is 0 Å². The molecule has 0 aromatic carbocycles. The Labute approximate surface area is 76.2 Å². The van der Waals surface area contributed by atoms with Crippen LogP contribution >= 0.6 is 24.0 Å². The zero-order chi connectivity index (χ0) is 7.56. The lowest BCUT2D eigenvalue weighted by Gasteiger charge is -1.97. The van der Waals surface area contributed by atoms with Gasteiger partial charge >= 0.3 is 0 Å². The number of rotatable bonds is 1. The highest BCUT2D eigenvalue weighted by Crippen LogP contribution is 1.98. The number of hydrogen-bond acceptors (Lipinski definition) is 1. The van der Waals surface area contributed by atoms with Crippen molar-refractivity contribution < 1.29 is 0 Å². The molecule has 0 fully saturated rings. The Morgan fingerprint density at radius 1 is 1.55 bits per heavy atom. The molecular weight excluding hydrogens is 185 g/mol. The molecule has 2 nitrogen and oxygen atoms in total. The highest BCUT2D eigenvalue weighted by Gasteiger charge is 1.91. The highest BCUT2D eigenvalue weighted by molar-refractivity contribution is 6.17. The molecule has 0 spiro atoms. The van der Waals surface area contributed by atoms with Crippen LogP contribution in [0.15, 0.2) is 23.1 Å². The van der Waals surface area contributed by atoms with Crippen LogP contribution in [-0.4, -0.2) is 4.57 Å². The van der Waals surface area contributed by atoms with Crippen molar-refractivity contribution >= 4 is 24.0 Å². The summed E-state index contributed by atoms with van der Waals surface area (Å²) >= 11 is 5.54. The summed E-state index contributed by atoms with van der Waals surface area (Å²) in [4.78, 5) is 10.8. The maximum absolute atomic E-state index is 10.8. The van der Waals surface area contributed by atoms with Gasteiger partial charge in [-0.2, -0.15) is 0 Å². The quantitative estimate of drug-likeness (QED) is 0.621. The van der Waals surface area contributed by atoms with Crippen LogP contribution in [0.3, 0.4) is 0 Å². The van der Waals surface area contributed by atoms with Gasteiger partial charge in [0, 0.05) is 25.2 Å². The van der Waals surface area contributed by atoms with Crippen LogP contribution in [0.4, 0.5) is 0 Å². The van der Waals surface area contributed by atoms with E-state index < -0.39 is 0 Å². The number of nitrogens with zero attached hydrogens (tertiary/aromatic N) is 1. The van der Waals surface area contributed by atoms with Crippen LogP contribution in [-0.2, 0) is 12.9 Å². The smallest absolute Gasteiger partial charge is 0.250 e. The number of aryl methyl sites for hydroxylation is 1. The molecule has 0 saturated heterocycles. The molecule has 11 heavy (non-hydrogen) atoms. The van der Waals surface area contributed by atoms with E-state index in [1.165, 1.54) is 10.6 Å². The summed E-state index contributed by atoms with van der Waals surface area (Å²) < 4.78 is 1.51. The number of aromatic nitrogens is 1. The van der Waals surface area contributed by atoms with Gasteiger partial charge in [0.15, 0.2) is 0 Å². The summed E-state index contributed by atoms with van der Waals surface area (Å²) in [5.74, 6) is 0.453. The van der Waals surface area contributed by atoms with Crippen molar-refractivity contribution in [1.29, 1.82) is 0 Å². The molecule has 0 saturated carbocycles. The Balaban J connectivity index is 0.000001000. The van der Waals surface area contributed by atoms with Gasteiger partial charge in [-0.3, -0.25) is 4.79 Å². The van der Waals surface area contributed by atoms with Gasteiger partial charge in [0.2, 0.25) is 5.56 Å². The molecule has 0 unspecified atom stereocenters. The van der Waals surface area contributed by atoms with E-state index in [1.54, 1.807) is 19.3 Å². The van der Waals surface area contributed by atoms with Crippen LogP contribution in [0.1, 0.15) is 5.56 Å². The molecule has 1 rings (SSSR count). The summed E-state index contributed by atoms with van der Waals surface area (Å²) in [6.07, 6.45) is 1.73.